The summed E-state index contributed by atoms with van der Waals surface area (Å²) in [6.45, 7) is 5.00. The van der Waals surface area contributed by atoms with Crippen LogP contribution < -0.4 is 10.6 Å². The van der Waals surface area contributed by atoms with Crippen molar-refractivity contribution in [1.82, 2.24) is 15.5 Å². The number of rotatable bonds is 6. The first-order valence-electron chi connectivity index (χ1n) is 8.54. The van der Waals surface area contributed by atoms with Crippen molar-refractivity contribution in [2.75, 3.05) is 13.1 Å². The summed E-state index contributed by atoms with van der Waals surface area (Å²) in [6.07, 6.45) is -3.96. The lowest BCUT2D eigenvalue weighted by molar-refractivity contribution is -0.140. The Morgan fingerprint density at radius 2 is 1.89 bits per heavy atom. The molecule has 0 saturated carbocycles. The fraction of sp³-hybridized carbons (Fsp3) is 0.500. The molecule has 27 heavy (non-hydrogen) atoms. The molecule has 0 radical (unpaired) electrons. The first-order chi connectivity index (χ1) is 12.5. The minimum Gasteiger partial charge on any atom is -0.355 e. The van der Waals surface area contributed by atoms with E-state index in [1.807, 2.05) is 13.8 Å². The van der Waals surface area contributed by atoms with Crippen molar-refractivity contribution in [1.29, 1.82) is 0 Å². The molecule has 1 saturated heterocycles. The monoisotopic (exact) mass is 385 g/mol. The van der Waals surface area contributed by atoms with Gasteiger partial charge >= 0.3 is 12.2 Å². The summed E-state index contributed by atoms with van der Waals surface area (Å²) < 4.78 is 39.9. The summed E-state index contributed by atoms with van der Waals surface area (Å²) in [5.41, 5.74) is -3.27. The summed E-state index contributed by atoms with van der Waals surface area (Å²) in [5, 5.41) is 4.89. The van der Waals surface area contributed by atoms with Gasteiger partial charge in [-0.3, -0.25) is 14.5 Å². The van der Waals surface area contributed by atoms with Gasteiger partial charge in [-0.1, -0.05) is 32.0 Å². The lowest BCUT2D eigenvalue weighted by atomic mass is 9.87. The van der Waals surface area contributed by atoms with Gasteiger partial charge in [0.05, 0.1) is 5.56 Å². The number of urea groups is 1. The van der Waals surface area contributed by atoms with Crippen LogP contribution in [0.4, 0.5) is 18.0 Å². The molecular formula is C18H22F3N3O3. The van der Waals surface area contributed by atoms with Gasteiger partial charge in [0.2, 0.25) is 5.91 Å². The number of hydrogen-bond acceptors (Lipinski definition) is 3. The second kappa shape index (κ2) is 7.58. The van der Waals surface area contributed by atoms with E-state index in [9.17, 15) is 27.6 Å². The zero-order chi connectivity index (χ0) is 20.4. The van der Waals surface area contributed by atoms with Crippen LogP contribution in [0, 0.1) is 5.92 Å². The lowest BCUT2D eigenvalue weighted by Gasteiger charge is -2.25. The zero-order valence-corrected chi connectivity index (χ0v) is 15.3. The smallest absolute Gasteiger partial charge is 0.355 e. The number of halogens is 3. The van der Waals surface area contributed by atoms with Crippen molar-refractivity contribution in [3.8, 4) is 0 Å². The zero-order valence-electron chi connectivity index (χ0n) is 15.3. The van der Waals surface area contributed by atoms with E-state index in [2.05, 4.69) is 10.6 Å². The van der Waals surface area contributed by atoms with E-state index in [1.165, 1.54) is 19.1 Å². The van der Waals surface area contributed by atoms with Gasteiger partial charge in [0.25, 0.3) is 5.91 Å². The van der Waals surface area contributed by atoms with Crippen LogP contribution in [0.1, 0.15) is 38.3 Å². The molecule has 1 aromatic rings. The van der Waals surface area contributed by atoms with Crippen molar-refractivity contribution in [2.45, 2.75) is 38.9 Å². The molecule has 0 aromatic heterocycles. The molecule has 9 heteroatoms. The van der Waals surface area contributed by atoms with E-state index in [0.717, 1.165) is 18.6 Å². The Kier molecular flexibility index (Phi) is 5.82. The SMILES string of the molecule is CC(C)CCNC(=O)CN1C(=O)N[C@@](C)(c2ccccc2C(F)(F)F)C1=O. The summed E-state index contributed by atoms with van der Waals surface area (Å²) in [7, 11) is 0. The molecule has 2 N–H and O–H groups in total. The Balaban J connectivity index is 2.21. The summed E-state index contributed by atoms with van der Waals surface area (Å²) in [5.74, 6) is -1.08. The van der Waals surface area contributed by atoms with E-state index in [0.29, 0.717) is 17.4 Å². The number of carbonyl (C=O) groups excluding carboxylic acids is 3. The molecule has 1 heterocycles. The highest BCUT2D eigenvalue weighted by atomic mass is 19.4. The third kappa shape index (κ3) is 4.40. The molecule has 148 valence electrons. The largest absolute Gasteiger partial charge is 0.416 e. The Labute approximate surface area is 155 Å². The highest BCUT2D eigenvalue weighted by Crippen LogP contribution is 2.39. The van der Waals surface area contributed by atoms with Gasteiger partial charge in [0, 0.05) is 6.54 Å². The second-order valence-corrected chi connectivity index (χ2v) is 7.02. The number of benzene rings is 1. The Hall–Kier alpha value is -2.58. The van der Waals surface area contributed by atoms with Gasteiger partial charge < -0.3 is 10.6 Å². The average Bonchev–Trinajstić information content (AvgIpc) is 2.78. The van der Waals surface area contributed by atoms with Gasteiger partial charge in [-0.15, -0.1) is 0 Å². The number of amides is 4. The van der Waals surface area contributed by atoms with E-state index < -0.39 is 41.7 Å². The molecule has 1 fully saturated rings. The van der Waals surface area contributed by atoms with E-state index in [-0.39, 0.29) is 5.56 Å². The quantitative estimate of drug-likeness (QED) is 0.739. The molecule has 1 aromatic carbocycles. The van der Waals surface area contributed by atoms with Crippen LogP contribution in [0.25, 0.3) is 0 Å². The lowest BCUT2D eigenvalue weighted by Crippen LogP contribution is -2.44. The Bertz CT molecular complexity index is 749. The van der Waals surface area contributed by atoms with E-state index in [4.69, 9.17) is 0 Å². The fourth-order valence-corrected chi connectivity index (χ4v) is 2.89. The molecule has 0 bridgehead atoms. The minimum atomic E-state index is -4.69. The standard InChI is InChI=1S/C18H22F3N3O3/c1-11(2)8-9-22-14(25)10-24-15(26)17(3,23-16(24)27)12-6-4-5-7-13(12)18(19,20)21/h4-7,11H,8-10H2,1-3H3,(H,22,25)(H,23,27)/t17-/m0/s1. The van der Waals surface area contributed by atoms with E-state index >= 15 is 0 Å². The van der Waals surface area contributed by atoms with Gasteiger partial charge in [0.1, 0.15) is 12.1 Å². The van der Waals surface area contributed by atoms with Gasteiger partial charge in [-0.2, -0.15) is 13.2 Å². The molecular weight excluding hydrogens is 363 g/mol. The molecule has 1 aliphatic heterocycles. The first kappa shape index (κ1) is 20.7. The number of nitrogens with zero attached hydrogens (tertiary/aromatic N) is 1. The highest BCUT2D eigenvalue weighted by molar-refractivity contribution is 6.09. The fourth-order valence-electron chi connectivity index (χ4n) is 2.89. The van der Waals surface area contributed by atoms with Crippen LogP contribution in [0.2, 0.25) is 0 Å². The molecule has 6 nitrogen and oxygen atoms in total. The predicted octanol–water partition coefficient (Wildman–Crippen LogP) is 2.63. The molecule has 1 atom stereocenters. The van der Waals surface area contributed by atoms with Crippen molar-refractivity contribution in [3.63, 3.8) is 0 Å². The molecule has 0 unspecified atom stereocenters. The van der Waals surface area contributed by atoms with Gasteiger partial charge in [0.15, 0.2) is 0 Å². The number of carbonyl (C=O) groups is 3. The maximum atomic E-state index is 13.3. The molecule has 0 aliphatic carbocycles. The van der Waals surface area contributed by atoms with E-state index in [1.54, 1.807) is 0 Å². The Morgan fingerprint density at radius 3 is 2.48 bits per heavy atom. The number of nitrogens with one attached hydrogen (secondary N) is 2. The van der Waals surface area contributed by atoms with Crippen molar-refractivity contribution >= 4 is 17.8 Å². The van der Waals surface area contributed by atoms with Crippen molar-refractivity contribution < 1.29 is 27.6 Å². The maximum absolute atomic E-state index is 13.3. The summed E-state index contributed by atoms with van der Waals surface area (Å²) in [4.78, 5) is 37.5. The van der Waals surface area contributed by atoms with Crippen LogP contribution >= 0.6 is 0 Å². The van der Waals surface area contributed by atoms with Crippen LogP contribution in [0.3, 0.4) is 0 Å². The van der Waals surface area contributed by atoms with Gasteiger partial charge in [-0.25, -0.2) is 4.79 Å². The number of hydrogen-bond donors (Lipinski definition) is 2. The van der Waals surface area contributed by atoms with Crippen molar-refractivity contribution in [2.24, 2.45) is 5.92 Å². The van der Waals surface area contributed by atoms with Gasteiger partial charge in [-0.05, 0) is 30.9 Å². The summed E-state index contributed by atoms with van der Waals surface area (Å²) >= 11 is 0. The predicted molar refractivity (Wildman–Crippen MR) is 91.5 cm³/mol. The average molecular weight is 385 g/mol. The third-order valence-electron chi connectivity index (χ3n) is 4.39. The summed E-state index contributed by atoms with van der Waals surface area (Å²) in [6, 6.07) is 3.65. The molecule has 2 rings (SSSR count). The Morgan fingerprint density at radius 1 is 1.26 bits per heavy atom. The minimum absolute atomic E-state index is 0.362. The van der Waals surface area contributed by atoms with Crippen LogP contribution in [0.15, 0.2) is 24.3 Å². The first-order valence-corrected chi connectivity index (χ1v) is 8.54. The van der Waals surface area contributed by atoms with Crippen molar-refractivity contribution in [3.05, 3.63) is 35.4 Å². The highest BCUT2D eigenvalue weighted by Gasteiger charge is 2.52. The topological polar surface area (TPSA) is 78.5 Å². The molecule has 4 amide bonds. The maximum Gasteiger partial charge on any atom is 0.416 e. The normalized spacial score (nSPS) is 20.2. The van der Waals surface area contributed by atoms with Crippen LogP contribution in [-0.2, 0) is 21.3 Å². The van der Waals surface area contributed by atoms with Crippen LogP contribution in [0.5, 0.6) is 0 Å². The molecule has 1 aliphatic rings. The number of alkyl halides is 3. The number of imide groups is 1. The van der Waals surface area contributed by atoms with Crippen LogP contribution in [-0.4, -0.2) is 35.8 Å². The molecule has 0 spiro atoms. The third-order valence-corrected chi connectivity index (χ3v) is 4.39. The second-order valence-electron chi connectivity index (χ2n) is 7.02.